The second-order valence-electron chi connectivity index (χ2n) is 5.16. The lowest BCUT2D eigenvalue weighted by Gasteiger charge is -2.19. The van der Waals surface area contributed by atoms with Gasteiger partial charge in [-0.2, -0.15) is 0 Å². The molecule has 0 heterocycles. The molecule has 1 aliphatic carbocycles. The third-order valence-corrected chi connectivity index (χ3v) is 3.78. The normalized spacial score (nSPS) is 13.6. The number of hydrogen-bond donors (Lipinski definition) is 2. The van der Waals surface area contributed by atoms with Crippen LogP contribution in [0.1, 0.15) is 11.1 Å². The highest BCUT2D eigenvalue weighted by atomic mass is 16.3. The summed E-state index contributed by atoms with van der Waals surface area (Å²) in [6, 6.07) is 5.74. The molecule has 0 saturated heterocycles. The Kier molecular flexibility index (Phi) is 2.63. The fourth-order valence-electron chi connectivity index (χ4n) is 2.67. The maximum atomic E-state index is 10.5. The second kappa shape index (κ2) is 4.19. The third kappa shape index (κ3) is 1.73. The van der Waals surface area contributed by atoms with Gasteiger partial charge < -0.3 is 15.1 Å². The van der Waals surface area contributed by atoms with E-state index < -0.39 is 0 Å². The van der Waals surface area contributed by atoms with Crippen molar-refractivity contribution in [1.29, 1.82) is 0 Å². The molecular formula is C16H17NO2. The van der Waals surface area contributed by atoms with Gasteiger partial charge in [-0.25, -0.2) is 0 Å². The van der Waals surface area contributed by atoms with Gasteiger partial charge in [-0.1, -0.05) is 12.2 Å². The molecule has 0 radical (unpaired) electrons. The van der Waals surface area contributed by atoms with Crippen molar-refractivity contribution in [3.05, 3.63) is 41.5 Å². The number of rotatable bonds is 1. The molecule has 2 aromatic carbocycles. The summed E-state index contributed by atoms with van der Waals surface area (Å²) in [4.78, 5) is 1.98. The van der Waals surface area contributed by atoms with E-state index in [2.05, 4.69) is 0 Å². The van der Waals surface area contributed by atoms with E-state index in [0.29, 0.717) is 24.3 Å². The lowest BCUT2D eigenvalue weighted by atomic mass is 9.90. The molecule has 2 aromatic rings. The van der Waals surface area contributed by atoms with Gasteiger partial charge in [-0.05, 0) is 31.0 Å². The fraction of sp³-hybridized carbons (Fsp3) is 0.250. The van der Waals surface area contributed by atoms with E-state index in [4.69, 9.17) is 0 Å². The van der Waals surface area contributed by atoms with Crippen molar-refractivity contribution >= 4 is 16.5 Å². The van der Waals surface area contributed by atoms with E-state index in [1.807, 2.05) is 49.3 Å². The molecule has 19 heavy (non-hydrogen) atoms. The molecule has 0 aromatic heterocycles. The van der Waals surface area contributed by atoms with Gasteiger partial charge in [-0.3, -0.25) is 0 Å². The van der Waals surface area contributed by atoms with Gasteiger partial charge in [0.1, 0.15) is 11.5 Å². The number of allylic oxidation sites excluding steroid dienone is 2. The van der Waals surface area contributed by atoms with Gasteiger partial charge in [0, 0.05) is 41.7 Å². The fourth-order valence-corrected chi connectivity index (χ4v) is 2.67. The first-order valence-electron chi connectivity index (χ1n) is 6.41. The van der Waals surface area contributed by atoms with Crippen LogP contribution in [0.5, 0.6) is 11.5 Å². The molecule has 0 saturated carbocycles. The van der Waals surface area contributed by atoms with Crippen LogP contribution in [0.25, 0.3) is 10.8 Å². The first-order valence-corrected chi connectivity index (χ1v) is 6.41. The SMILES string of the molecule is CN(C)c1ccc2c(O)c3c(c(O)c2c1)CC=CC3. The molecule has 0 fully saturated rings. The van der Waals surface area contributed by atoms with E-state index >= 15 is 0 Å². The van der Waals surface area contributed by atoms with Gasteiger partial charge in [0.2, 0.25) is 0 Å². The quantitative estimate of drug-likeness (QED) is 0.608. The van der Waals surface area contributed by atoms with Crippen LogP contribution in [0.2, 0.25) is 0 Å². The van der Waals surface area contributed by atoms with Crippen molar-refractivity contribution in [3.63, 3.8) is 0 Å². The van der Waals surface area contributed by atoms with Crippen LogP contribution in [0.3, 0.4) is 0 Å². The highest BCUT2D eigenvalue weighted by Crippen LogP contribution is 2.42. The Hall–Kier alpha value is -2.16. The monoisotopic (exact) mass is 255 g/mol. The Balaban J connectivity index is 2.35. The highest BCUT2D eigenvalue weighted by Gasteiger charge is 2.19. The Morgan fingerprint density at radius 3 is 2.05 bits per heavy atom. The topological polar surface area (TPSA) is 43.7 Å². The molecule has 3 heteroatoms. The average Bonchev–Trinajstić information content (AvgIpc) is 2.44. The number of hydrogen-bond acceptors (Lipinski definition) is 3. The molecule has 0 atom stereocenters. The zero-order chi connectivity index (χ0) is 13.6. The summed E-state index contributed by atoms with van der Waals surface area (Å²) >= 11 is 0. The van der Waals surface area contributed by atoms with Crippen molar-refractivity contribution in [2.75, 3.05) is 19.0 Å². The van der Waals surface area contributed by atoms with Crippen molar-refractivity contribution in [2.24, 2.45) is 0 Å². The molecule has 98 valence electrons. The number of phenols is 2. The number of benzene rings is 2. The highest BCUT2D eigenvalue weighted by molar-refractivity contribution is 5.97. The van der Waals surface area contributed by atoms with Crippen molar-refractivity contribution in [2.45, 2.75) is 12.8 Å². The Morgan fingerprint density at radius 2 is 1.47 bits per heavy atom. The number of aromatic hydroxyl groups is 2. The van der Waals surface area contributed by atoms with Gasteiger partial charge in [0.15, 0.2) is 0 Å². The third-order valence-electron chi connectivity index (χ3n) is 3.78. The van der Waals surface area contributed by atoms with Crippen molar-refractivity contribution in [1.82, 2.24) is 0 Å². The molecule has 3 nitrogen and oxygen atoms in total. The summed E-state index contributed by atoms with van der Waals surface area (Å²) in [5.74, 6) is 0.605. The average molecular weight is 255 g/mol. The lowest BCUT2D eigenvalue weighted by Crippen LogP contribution is -2.08. The van der Waals surface area contributed by atoms with E-state index in [0.717, 1.165) is 27.6 Å². The van der Waals surface area contributed by atoms with Crippen LogP contribution in [0.4, 0.5) is 5.69 Å². The first-order chi connectivity index (χ1) is 9.09. The number of anilines is 1. The Morgan fingerprint density at radius 1 is 0.895 bits per heavy atom. The summed E-state index contributed by atoms with van der Waals surface area (Å²) in [7, 11) is 3.92. The largest absolute Gasteiger partial charge is 0.507 e. The summed E-state index contributed by atoms with van der Waals surface area (Å²) in [6.45, 7) is 0. The number of nitrogens with zero attached hydrogens (tertiary/aromatic N) is 1. The van der Waals surface area contributed by atoms with E-state index in [-0.39, 0.29) is 0 Å². The Bertz CT molecular complexity index is 687. The zero-order valence-corrected chi connectivity index (χ0v) is 11.1. The number of fused-ring (bicyclic) bond motifs is 2. The maximum absolute atomic E-state index is 10.5. The van der Waals surface area contributed by atoms with Crippen molar-refractivity contribution in [3.8, 4) is 11.5 Å². The summed E-state index contributed by atoms with van der Waals surface area (Å²) in [5.41, 5.74) is 2.71. The zero-order valence-electron chi connectivity index (χ0n) is 11.1. The second-order valence-corrected chi connectivity index (χ2v) is 5.16. The van der Waals surface area contributed by atoms with Gasteiger partial charge in [-0.15, -0.1) is 0 Å². The molecular weight excluding hydrogens is 238 g/mol. The summed E-state index contributed by atoms with van der Waals surface area (Å²) in [6.07, 6.45) is 5.42. The molecule has 2 N–H and O–H groups in total. The summed E-state index contributed by atoms with van der Waals surface area (Å²) < 4.78 is 0. The molecule has 0 bridgehead atoms. The molecule has 0 spiro atoms. The van der Waals surface area contributed by atoms with E-state index in [9.17, 15) is 10.2 Å². The maximum Gasteiger partial charge on any atom is 0.127 e. The lowest BCUT2D eigenvalue weighted by molar-refractivity contribution is 0.459. The van der Waals surface area contributed by atoms with Crippen LogP contribution in [0, 0.1) is 0 Å². The minimum atomic E-state index is 0.302. The first kappa shape index (κ1) is 11.9. The molecule has 0 amide bonds. The van der Waals surface area contributed by atoms with Crippen LogP contribution in [-0.2, 0) is 12.8 Å². The van der Waals surface area contributed by atoms with Gasteiger partial charge in [0.05, 0.1) is 0 Å². The molecule has 0 aliphatic heterocycles. The molecule has 0 unspecified atom stereocenters. The van der Waals surface area contributed by atoms with Crippen LogP contribution in [0.15, 0.2) is 30.4 Å². The van der Waals surface area contributed by atoms with Gasteiger partial charge in [0.25, 0.3) is 0 Å². The van der Waals surface area contributed by atoms with Crippen LogP contribution in [-0.4, -0.2) is 24.3 Å². The Labute approximate surface area is 112 Å². The van der Waals surface area contributed by atoms with Crippen LogP contribution < -0.4 is 4.90 Å². The smallest absolute Gasteiger partial charge is 0.127 e. The predicted octanol–water partition coefficient (Wildman–Crippen LogP) is 2.97. The minimum absolute atomic E-state index is 0.302. The molecule has 3 rings (SSSR count). The standard InChI is InChI=1S/C16H17NO2/c1-17(2)10-7-8-13-14(9-10)16(19)12-6-4-3-5-11(12)15(13)18/h3-4,7-9,18-19H,5-6H2,1-2H3. The predicted molar refractivity (Wildman–Crippen MR) is 78.2 cm³/mol. The van der Waals surface area contributed by atoms with E-state index in [1.54, 1.807) is 0 Å². The minimum Gasteiger partial charge on any atom is -0.507 e. The molecule has 1 aliphatic rings. The summed E-state index contributed by atoms with van der Waals surface area (Å²) in [5, 5.41) is 22.3. The van der Waals surface area contributed by atoms with Crippen LogP contribution >= 0.6 is 0 Å². The van der Waals surface area contributed by atoms with Crippen molar-refractivity contribution < 1.29 is 10.2 Å². The van der Waals surface area contributed by atoms with Gasteiger partial charge >= 0.3 is 0 Å². The number of phenolic OH excluding ortho intramolecular Hbond substituents is 2. The van der Waals surface area contributed by atoms with E-state index in [1.165, 1.54) is 0 Å².